The molecule has 0 saturated carbocycles. The second kappa shape index (κ2) is 8.53. The fourth-order valence-electron chi connectivity index (χ4n) is 1.68. The molecule has 0 amide bonds. The zero-order valence-electron chi connectivity index (χ0n) is 11.7. The second-order valence-corrected chi connectivity index (χ2v) is 6.08. The molecule has 2 aromatic heterocycles. The Kier molecular flexibility index (Phi) is 7.38. The zero-order valence-corrected chi connectivity index (χ0v) is 15.6. The number of aryl methyl sites for hydroxylation is 1. The summed E-state index contributed by atoms with van der Waals surface area (Å²) in [5.41, 5.74) is 1.07. The van der Waals surface area contributed by atoms with E-state index in [9.17, 15) is 0 Å². The number of thiazole rings is 2. The van der Waals surface area contributed by atoms with E-state index in [4.69, 9.17) is 0 Å². The highest BCUT2D eigenvalue weighted by Gasteiger charge is 2.08. The molecule has 0 bridgehead atoms. The molecule has 0 spiro atoms. The molecule has 110 valence electrons. The molecule has 8 heteroatoms. The Bertz CT molecular complexity index is 538. The van der Waals surface area contributed by atoms with Gasteiger partial charge in [0.25, 0.3) is 0 Å². The van der Waals surface area contributed by atoms with Crippen LogP contribution < -0.4 is 5.32 Å². The fraction of sp³-hybridized carbons (Fsp3) is 0.417. The highest BCUT2D eigenvalue weighted by molar-refractivity contribution is 14.0. The molecule has 0 unspecified atom stereocenters. The molecule has 0 aliphatic carbocycles. The van der Waals surface area contributed by atoms with Crippen LogP contribution >= 0.6 is 46.7 Å². The zero-order chi connectivity index (χ0) is 13.7. The van der Waals surface area contributed by atoms with Gasteiger partial charge < -0.3 is 10.2 Å². The van der Waals surface area contributed by atoms with Crippen LogP contribution in [0, 0.1) is 6.92 Å². The number of aromatic nitrogens is 2. The van der Waals surface area contributed by atoms with E-state index in [1.54, 1.807) is 29.7 Å². The summed E-state index contributed by atoms with van der Waals surface area (Å²) in [5.74, 6) is 0.848. The third kappa shape index (κ3) is 4.98. The standard InChI is InChI=1S/C12H17N5S2.HI/c1-9-16-10(8-19-9)7-17(3)12(13-2)15-6-11-14-4-5-18-11;/h4-5,8H,6-7H2,1-3H3,(H,13,15);1H. The minimum atomic E-state index is 0. The van der Waals surface area contributed by atoms with E-state index in [0.29, 0.717) is 6.54 Å². The molecule has 5 nitrogen and oxygen atoms in total. The Hall–Kier alpha value is -0.740. The average Bonchev–Trinajstić information content (AvgIpc) is 3.02. The predicted octanol–water partition coefficient (Wildman–Crippen LogP) is 2.73. The maximum atomic E-state index is 4.46. The Morgan fingerprint density at radius 1 is 1.45 bits per heavy atom. The molecule has 20 heavy (non-hydrogen) atoms. The molecule has 0 radical (unpaired) electrons. The van der Waals surface area contributed by atoms with Gasteiger partial charge in [-0.2, -0.15) is 0 Å². The van der Waals surface area contributed by atoms with Gasteiger partial charge in [0.15, 0.2) is 5.96 Å². The molecule has 0 aromatic carbocycles. The third-order valence-electron chi connectivity index (χ3n) is 2.52. The fourth-order valence-corrected chi connectivity index (χ4v) is 2.84. The van der Waals surface area contributed by atoms with Gasteiger partial charge in [-0.25, -0.2) is 9.97 Å². The lowest BCUT2D eigenvalue weighted by Gasteiger charge is -2.20. The van der Waals surface area contributed by atoms with E-state index in [0.717, 1.165) is 28.2 Å². The number of guanidine groups is 1. The topological polar surface area (TPSA) is 53.4 Å². The molecular weight excluding hydrogens is 405 g/mol. The van der Waals surface area contributed by atoms with Crippen molar-refractivity contribution in [2.45, 2.75) is 20.0 Å². The lowest BCUT2D eigenvalue weighted by atomic mass is 10.4. The van der Waals surface area contributed by atoms with Gasteiger partial charge >= 0.3 is 0 Å². The summed E-state index contributed by atoms with van der Waals surface area (Å²) >= 11 is 3.31. The van der Waals surface area contributed by atoms with Crippen LogP contribution in [0.5, 0.6) is 0 Å². The van der Waals surface area contributed by atoms with Crippen LogP contribution in [0.1, 0.15) is 15.7 Å². The van der Waals surface area contributed by atoms with Crippen LogP contribution in [0.15, 0.2) is 21.9 Å². The first-order chi connectivity index (χ1) is 9.19. The summed E-state index contributed by atoms with van der Waals surface area (Å²) < 4.78 is 0. The van der Waals surface area contributed by atoms with Gasteiger partial charge in [0.2, 0.25) is 0 Å². The van der Waals surface area contributed by atoms with Gasteiger partial charge in [-0.15, -0.1) is 46.7 Å². The highest BCUT2D eigenvalue weighted by Crippen LogP contribution is 2.10. The van der Waals surface area contributed by atoms with Gasteiger partial charge in [-0.05, 0) is 6.92 Å². The lowest BCUT2D eigenvalue weighted by molar-refractivity contribution is 0.470. The quantitative estimate of drug-likeness (QED) is 0.467. The summed E-state index contributed by atoms with van der Waals surface area (Å²) in [6.07, 6.45) is 1.81. The molecule has 0 aliphatic heterocycles. The van der Waals surface area contributed by atoms with Crippen molar-refractivity contribution in [1.29, 1.82) is 0 Å². The largest absolute Gasteiger partial charge is 0.350 e. The number of rotatable bonds is 4. The van der Waals surface area contributed by atoms with Gasteiger partial charge in [-0.1, -0.05) is 0 Å². The van der Waals surface area contributed by atoms with Crippen molar-refractivity contribution in [3.8, 4) is 0 Å². The predicted molar refractivity (Wildman–Crippen MR) is 96.0 cm³/mol. The molecule has 2 heterocycles. The van der Waals surface area contributed by atoms with Crippen molar-refractivity contribution in [3.05, 3.63) is 32.7 Å². The molecule has 2 rings (SSSR count). The molecule has 1 N–H and O–H groups in total. The third-order valence-corrected chi connectivity index (χ3v) is 4.12. The van der Waals surface area contributed by atoms with Crippen LogP contribution in [0.4, 0.5) is 0 Å². The van der Waals surface area contributed by atoms with Crippen molar-refractivity contribution in [1.82, 2.24) is 20.2 Å². The van der Waals surface area contributed by atoms with Crippen molar-refractivity contribution in [3.63, 3.8) is 0 Å². The first-order valence-corrected chi connectivity index (χ1v) is 7.66. The number of nitrogens with zero attached hydrogens (tertiary/aromatic N) is 4. The van der Waals surface area contributed by atoms with Crippen LogP contribution in [-0.2, 0) is 13.1 Å². The number of hydrogen-bond donors (Lipinski definition) is 1. The first-order valence-electron chi connectivity index (χ1n) is 5.90. The van der Waals surface area contributed by atoms with Crippen LogP contribution in [0.3, 0.4) is 0 Å². The van der Waals surface area contributed by atoms with E-state index in [1.165, 1.54) is 0 Å². The van der Waals surface area contributed by atoms with Crippen molar-refractivity contribution in [2.75, 3.05) is 14.1 Å². The number of nitrogens with one attached hydrogen (secondary N) is 1. The molecule has 0 atom stereocenters. The first kappa shape index (κ1) is 17.3. The normalized spacial score (nSPS) is 11.1. The molecule has 2 aromatic rings. The molecule has 0 saturated heterocycles. The second-order valence-electron chi connectivity index (χ2n) is 4.04. The Balaban J connectivity index is 0.00000200. The Labute approximate surface area is 144 Å². The Morgan fingerprint density at radius 3 is 2.80 bits per heavy atom. The van der Waals surface area contributed by atoms with E-state index < -0.39 is 0 Å². The van der Waals surface area contributed by atoms with Gasteiger partial charge in [-0.3, -0.25) is 4.99 Å². The van der Waals surface area contributed by atoms with E-state index in [1.807, 2.05) is 25.5 Å². The number of hydrogen-bond acceptors (Lipinski definition) is 5. The maximum Gasteiger partial charge on any atom is 0.194 e. The van der Waals surface area contributed by atoms with Gasteiger partial charge in [0, 0.05) is 31.1 Å². The molecular formula is C12H18IN5S2. The lowest BCUT2D eigenvalue weighted by Crippen LogP contribution is -2.38. The smallest absolute Gasteiger partial charge is 0.194 e. The summed E-state index contributed by atoms with van der Waals surface area (Å²) in [4.78, 5) is 15.0. The van der Waals surface area contributed by atoms with Crippen LogP contribution in [-0.4, -0.2) is 34.9 Å². The highest BCUT2D eigenvalue weighted by atomic mass is 127. The van der Waals surface area contributed by atoms with E-state index in [2.05, 4.69) is 30.6 Å². The van der Waals surface area contributed by atoms with Gasteiger partial charge in [0.05, 0.1) is 23.8 Å². The van der Waals surface area contributed by atoms with Crippen molar-refractivity contribution < 1.29 is 0 Å². The monoisotopic (exact) mass is 423 g/mol. The summed E-state index contributed by atoms with van der Waals surface area (Å²) in [7, 11) is 3.79. The minimum absolute atomic E-state index is 0. The number of halogens is 1. The molecule has 0 aliphatic rings. The van der Waals surface area contributed by atoms with Gasteiger partial charge in [0.1, 0.15) is 5.01 Å². The van der Waals surface area contributed by atoms with E-state index in [-0.39, 0.29) is 24.0 Å². The SMILES string of the molecule is CN=C(NCc1nccs1)N(C)Cc1csc(C)n1.I. The average molecular weight is 423 g/mol. The van der Waals surface area contributed by atoms with Crippen molar-refractivity contribution >= 4 is 52.6 Å². The number of aliphatic imine (C=N–C) groups is 1. The van der Waals surface area contributed by atoms with Crippen LogP contribution in [0.2, 0.25) is 0 Å². The van der Waals surface area contributed by atoms with Crippen molar-refractivity contribution in [2.24, 2.45) is 4.99 Å². The summed E-state index contributed by atoms with van der Waals surface area (Å²) in [6.45, 7) is 3.47. The maximum absolute atomic E-state index is 4.46. The van der Waals surface area contributed by atoms with E-state index >= 15 is 0 Å². The summed E-state index contributed by atoms with van der Waals surface area (Å²) in [6, 6.07) is 0. The summed E-state index contributed by atoms with van der Waals surface area (Å²) in [5, 5.41) is 9.50. The Morgan fingerprint density at radius 2 is 2.25 bits per heavy atom. The molecule has 0 fully saturated rings. The minimum Gasteiger partial charge on any atom is -0.350 e. The van der Waals surface area contributed by atoms with Crippen LogP contribution in [0.25, 0.3) is 0 Å².